The first-order valence-corrected chi connectivity index (χ1v) is 11.1. The highest BCUT2D eigenvalue weighted by Crippen LogP contribution is 2.36. The van der Waals surface area contributed by atoms with Gasteiger partial charge in [0.2, 0.25) is 0 Å². The number of imide groups is 1. The summed E-state index contributed by atoms with van der Waals surface area (Å²) in [6.07, 6.45) is 2.36. The molecule has 2 aromatic rings. The third-order valence-electron chi connectivity index (χ3n) is 4.94. The fourth-order valence-corrected chi connectivity index (χ4v) is 4.05. The molecule has 1 atom stereocenters. The molecule has 0 bridgehead atoms. The summed E-state index contributed by atoms with van der Waals surface area (Å²) in [7, 11) is 0. The zero-order valence-electron chi connectivity index (χ0n) is 18.1. The van der Waals surface area contributed by atoms with Crippen molar-refractivity contribution in [1.82, 2.24) is 4.90 Å². The maximum atomic E-state index is 12.6. The van der Waals surface area contributed by atoms with E-state index in [1.807, 2.05) is 20.8 Å². The predicted molar refractivity (Wildman–Crippen MR) is 123 cm³/mol. The first kappa shape index (κ1) is 23.3. The first-order chi connectivity index (χ1) is 15.3. The molecule has 0 radical (unpaired) electrons. The number of rotatable bonds is 9. The van der Waals surface area contributed by atoms with Crippen LogP contribution in [-0.4, -0.2) is 33.6 Å². The summed E-state index contributed by atoms with van der Waals surface area (Å²) in [5, 5.41) is 10.7. The summed E-state index contributed by atoms with van der Waals surface area (Å²) in [6.45, 7) is 6.16. The normalized spacial score (nSPS) is 15.8. The Hall–Kier alpha value is -3.33. The lowest BCUT2D eigenvalue weighted by atomic mass is 10.1. The minimum Gasteiger partial charge on any atom is -0.490 e. The number of nitro groups is 1. The molecule has 9 heteroatoms. The van der Waals surface area contributed by atoms with Gasteiger partial charge in [0.05, 0.1) is 16.4 Å². The van der Waals surface area contributed by atoms with E-state index in [9.17, 15) is 19.7 Å². The van der Waals surface area contributed by atoms with Crippen LogP contribution in [0.5, 0.6) is 11.5 Å². The molecule has 1 aliphatic rings. The van der Waals surface area contributed by atoms with Crippen molar-refractivity contribution in [3.8, 4) is 11.5 Å². The number of benzene rings is 2. The average Bonchev–Trinajstić information content (AvgIpc) is 3.05. The molecule has 0 aromatic heterocycles. The monoisotopic (exact) mass is 456 g/mol. The Morgan fingerprint density at radius 1 is 1.12 bits per heavy atom. The highest BCUT2D eigenvalue weighted by Gasteiger charge is 2.37. The molecule has 0 N–H and O–H groups in total. The van der Waals surface area contributed by atoms with Crippen LogP contribution in [0.2, 0.25) is 0 Å². The van der Waals surface area contributed by atoms with Crippen LogP contribution in [0.3, 0.4) is 0 Å². The quantitative estimate of drug-likeness (QED) is 0.283. The SMILES string of the molecule is CCOc1cc(/C=C2/SC(=O)N([C@H](C)CC)C2=O)ccc1OCc1cccc([N+](=O)[O-])c1. The molecule has 3 rings (SSSR count). The van der Waals surface area contributed by atoms with Gasteiger partial charge in [0.15, 0.2) is 11.5 Å². The van der Waals surface area contributed by atoms with E-state index < -0.39 is 4.92 Å². The topological polar surface area (TPSA) is 99.0 Å². The van der Waals surface area contributed by atoms with Crippen LogP contribution < -0.4 is 9.47 Å². The van der Waals surface area contributed by atoms with Gasteiger partial charge in [0.25, 0.3) is 16.8 Å². The van der Waals surface area contributed by atoms with Crippen LogP contribution in [0, 0.1) is 10.1 Å². The van der Waals surface area contributed by atoms with Crippen molar-refractivity contribution in [3.63, 3.8) is 0 Å². The van der Waals surface area contributed by atoms with Gasteiger partial charge in [-0.15, -0.1) is 0 Å². The van der Waals surface area contributed by atoms with Gasteiger partial charge in [-0.2, -0.15) is 0 Å². The Balaban J connectivity index is 1.80. The number of hydrogen-bond donors (Lipinski definition) is 0. The van der Waals surface area contributed by atoms with Gasteiger partial charge >= 0.3 is 0 Å². The molecule has 1 fully saturated rings. The second kappa shape index (κ2) is 10.3. The van der Waals surface area contributed by atoms with Crippen molar-refractivity contribution >= 4 is 34.7 Å². The Bertz CT molecular complexity index is 1070. The summed E-state index contributed by atoms with van der Waals surface area (Å²) in [5.41, 5.74) is 1.35. The number of amides is 2. The van der Waals surface area contributed by atoms with Crippen molar-refractivity contribution < 1.29 is 24.0 Å². The molecule has 1 saturated heterocycles. The second-order valence-corrected chi connectivity index (χ2v) is 8.16. The number of nitro benzene ring substituents is 1. The van der Waals surface area contributed by atoms with Gasteiger partial charge in [-0.25, -0.2) is 0 Å². The minimum atomic E-state index is -0.452. The zero-order chi connectivity index (χ0) is 23.3. The fourth-order valence-electron chi connectivity index (χ4n) is 3.12. The summed E-state index contributed by atoms with van der Waals surface area (Å²) < 4.78 is 11.5. The molecular formula is C23H24N2O6S. The zero-order valence-corrected chi connectivity index (χ0v) is 18.9. The van der Waals surface area contributed by atoms with Gasteiger partial charge in [-0.1, -0.05) is 25.1 Å². The van der Waals surface area contributed by atoms with E-state index in [4.69, 9.17) is 9.47 Å². The van der Waals surface area contributed by atoms with Crippen LogP contribution >= 0.6 is 11.8 Å². The first-order valence-electron chi connectivity index (χ1n) is 10.2. The van der Waals surface area contributed by atoms with E-state index in [1.54, 1.807) is 36.4 Å². The predicted octanol–water partition coefficient (Wildman–Crippen LogP) is 5.41. The van der Waals surface area contributed by atoms with E-state index in [2.05, 4.69) is 0 Å². The molecular weight excluding hydrogens is 432 g/mol. The maximum Gasteiger partial charge on any atom is 0.293 e. The molecule has 0 unspecified atom stereocenters. The molecule has 8 nitrogen and oxygen atoms in total. The molecule has 0 aliphatic carbocycles. The van der Waals surface area contributed by atoms with Crippen LogP contribution in [0.4, 0.5) is 10.5 Å². The lowest BCUT2D eigenvalue weighted by Crippen LogP contribution is -2.36. The van der Waals surface area contributed by atoms with Gasteiger partial charge in [0, 0.05) is 18.2 Å². The Morgan fingerprint density at radius 2 is 1.91 bits per heavy atom. The van der Waals surface area contributed by atoms with E-state index in [0.29, 0.717) is 40.6 Å². The number of non-ortho nitro benzene ring substituents is 1. The molecule has 1 aliphatic heterocycles. The van der Waals surface area contributed by atoms with Crippen LogP contribution in [0.15, 0.2) is 47.4 Å². The third kappa shape index (κ3) is 5.28. The fraction of sp³-hybridized carbons (Fsp3) is 0.304. The lowest BCUT2D eigenvalue weighted by molar-refractivity contribution is -0.384. The Morgan fingerprint density at radius 3 is 2.59 bits per heavy atom. The molecule has 2 aromatic carbocycles. The molecule has 1 heterocycles. The average molecular weight is 457 g/mol. The summed E-state index contributed by atoms with van der Waals surface area (Å²) in [6, 6.07) is 11.3. The summed E-state index contributed by atoms with van der Waals surface area (Å²) in [4.78, 5) is 37.0. The standard InChI is InChI=1S/C23H24N2O6S/c1-4-15(3)24-22(26)21(32-23(24)27)13-16-9-10-19(20(12-16)30-5-2)31-14-17-7-6-8-18(11-17)25(28)29/h6-13,15H,4-5,14H2,1-3H3/b21-13+/t15-/m1/s1. The van der Waals surface area contributed by atoms with Crippen molar-refractivity contribution in [2.45, 2.75) is 39.8 Å². The van der Waals surface area contributed by atoms with Crippen molar-refractivity contribution in [1.29, 1.82) is 0 Å². The second-order valence-electron chi connectivity index (χ2n) is 7.16. The maximum absolute atomic E-state index is 12.6. The number of hydrogen-bond acceptors (Lipinski definition) is 7. The molecule has 0 spiro atoms. The van der Waals surface area contributed by atoms with Gasteiger partial charge < -0.3 is 9.47 Å². The lowest BCUT2D eigenvalue weighted by Gasteiger charge is -2.19. The summed E-state index contributed by atoms with van der Waals surface area (Å²) >= 11 is 0.926. The van der Waals surface area contributed by atoms with Crippen LogP contribution in [0.1, 0.15) is 38.3 Å². The van der Waals surface area contributed by atoms with E-state index in [1.165, 1.54) is 17.0 Å². The molecule has 2 amide bonds. The van der Waals surface area contributed by atoms with E-state index in [0.717, 1.165) is 11.8 Å². The number of thioether (sulfide) groups is 1. The number of nitrogens with zero attached hydrogens (tertiary/aromatic N) is 2. The number of ether oxygens (including phenoxy) is 2. The third-order valence-corrected chi connectivity index (χ3v) is 5.82. The molecule has 32 heavy (non-hydrogen) atoms. The van der Waals surface area contributed by atoms with Crippen LogP contribution in [-0.2, 0) is 11.4 Å². The van der Waals surface area contributed by atoms with Crippen molar-refractivity contribution in [2.75, 3.05) is 6.61 Å². The smallest absolute Gasteiger partial charge is 0.293 e. The molecule has 168 valence electrons. The van der Waals surface area contributed by atoms with Crippen molar-refractivity contribution in [2.24, 2.45) is 0 Å². The summed E-state index contributed by atoms with van der Waals surface area (Å²) in [5.74, 6) is 0.661. The van der Waals surface area contributed by atoms with Crippen molar-refractivity contribution in [3.05, 3.63) is 68.6 Å². The highest BCUT2D eigenvalue weighted by atomic mass is 32.2. The Labute approximate surface area is 190 Å². The highest BCUT2D eigenvalue weighted by molar-refractivity contribution is 8.18. The van der Waals surface area contributed by atoms with Gasteiger partial charge in [-0.3, -0.25) is 24.6 Å². The van der Waals surface area contributed by atoms with Gasteiger partial charge in [0.1, 0.15) is 6.61 Å². The molecule has 0 saturated carbocycles. The van der Waals surface area contributed by atoms with Crippen LogP contribution in [0.25, 0.3) is 6.08 Å². The minimum absolute atomic E-state index is 0.00202. The largest absolute Gasteiger partial charge is 0.490 e. The van der Waals surface area contributed by atoms with Gasteiger partial charge in [-0.05, 0) is 61.4 Å². The number of carbonyl (C=O) groups is 2. The number of carbonyl (C=O) groups excluding carboxylic acids is 2. The van der Waals surface area contributed by atoms with E-state index in [-0.39, 0.29) is 29.5 Å². The Kier molecular flexibility index (Phi) is 7.53. The van der Waals surface area contributed by atoms with E-state index >= 15 is 0 Å².